The molecule has 160 valence electrons. The van der Waals surface area contributed by atoms with E-state index in [1.807, 2.05) is 6.92 Å². The molecule has 0 aliphatic rings. The lowest BCUT2D eigenvalue weighted by Gasteiger charge is -2.40. The zero-order chi connectivity index (χ0) is 21.9. The second-order valence-corrected chi connectivity index (χ2v) is 10.00. The zero-order valence-electron chi connectivity index (χ0n) is 19.8. The van der Waals surface area contributed by atoms with Crippen molar-refractivity contribution in [3.63, 3.8) is 0 Å². The van der Waals surface area contributed by atoms with E-state index in [0.717, 1.165) is 36.0 Å². The molecule has 0 saturated heterocycles. The second kappa shape index (κ2) is 8.88. The molecule has 3 heteroatoms. The summed E-state index contributed by atoms with van der Waals surface area (Å²) in [5.41, 5.74) is 2.33. The highest BCUT2D eigenvalue weighted by molar-refractivity contribution is 5.75. The Balaban J connectivity index is 3.87. The zero-order valence-corrected chi connectivity index (χ0v) is 19.8. The fourth-order valence-electron chi connectivity index (χ4n) is 4.44. The average Bonchev–Trinajstić information content (AvgIpc) is 2.58. The number of hydrogen-bond acceptors (Lipinski definition) is 3. The van der Waals surface area contributed by atoms with Gasteiger partial charge in [-0.3, -0.25) is 4.79 Å². The molecule has 0 fully saturated rings. The number of carbonyl (C=O) groups is 1. The first-order chi connectivity index (χ1) is 12.8. The standard InChI is InChI=1S/C25H42O3/c1-11-18(22(27)28-14-4)25(12-2,13-3)17-15-19(23(5,6)7)21(26)20(16-17)24(8,9)10/h15-16,18,26H,11-14H2,1-10H3. The van der Waals surface area contributed by atoms with Gasteiger partial charge in [0.05, 0.1) is 12.5 Å². The van der Waals surface area contributed by atoms with Crippen LogP contribution in [0.1, 0.15) is 105 Å². The molecule has 1 aromatic rings. The van der Waals surface area contributed by atoms with Gasteiger partial charge in [0.15, 0.2) is 0 Å². The van der Waals surface area contributed by atoms with Crippen LogP contribution < -0.4 is 0 Å². The van der Waals surface area contributed by atoms with Gasteiger partial charge in [-0.2, -0.15) is 0 Å². The number of carbonyl (C=O) groups excluding carboxylic acids is 1. The fraction of sp³-hybridized carbons (Fsp3) is 0.720. The molecule has 1 N–H and O–H groups in total. The number of ether oxygens (including phenoxy) is 1. The van der Waals surface area contributed by atoms with Crippen molar-refractivity contribution in [1.82, 2.24) is 0 Å². The predicted octanol–water partition coefficient (Wildman–Crippen LogP) is 6.63. The van der Waals surface area contributed by atoms with E-state index in [1.165, 1.54) is 0 Å². The minimum atomic E-state index is -0.311. The number of aromatic hydroxyl groups is 1. The number of benzene rings is 1. The second-order valence-electron chi connectivity index (χ2n) is 10.00. The Morgan fingerprint density at radius 1 is 0.929 bits per heavy atom. The van der Waals surface area contributed by atoms with Gasteiger partial charge in [-0.1, -0.05) is 74.4 Å². The number of esters is 1. The minimum Gasteiger partial charge on any atom is -0.507 e. The van der Waals surface area contributed by atoms with Crippen molar-refractivity contribution in [3.8, 4) is 5.75 Å². The molecular formula is C25H42O3. The van der Waals surface area contributed by atoms with Crippen LogP contribution in [-0.4, -0.2) is 17.7 Å². The number of phenolic OH excluding ortho intramolecular Hbond substituents is 1. The summed E-state index contributed by atoms with van der Waals surface area (Å²) in [6, 6.07) is 4.28. The smallest absolute Gasteiger partial charge is 0.309 e. The summed E-state index contributed by atoms with van der Waals surface area (Å²) in [6.45, 7) is 21.4. The van der Waals surface area contributed by atoms with Crippen LogP contribution in [-0.2, 0) is 25.8 Å². The van der Waals surface area contributed by atoms with Gasteiger partial charge in [0.25, 0.3) is 0 Å². The van der Waals surface area contributed by atoms with Gasteiger partial charge >= 0.3 is 5.97 Å². The van der Waals surface area contributed by atoms with Crippen LogP contribution in [0.15, 0.2) is 12.1 Å². The van der Waals surface area contributed by atoms with Crippen molar-refractivity contribution in [1.29, 1.82) is 0 Å². The largest absolute Gasteiger partial charge is 0.507 e. The van der Waals surface area contributed by atoms with Crippen molar-refractivity contribution in [2.75, 3.05) is 6.61 Å². The van der Waals surface area contributed by atoms with E-state index < -0.39 is 0 Å². The van der Waals surface area contributed by atoms with E-state index in [9.17, 15) is 9.90 Å². The molecular weight excluding hydrogens is 348 g/mol. The van der Waals surface area contributed by atoms with Crippen LogP contribution in [0.3, 0.4) is 0 Å². The molecule has 0 aliphatic heterocycles. The molecule has 0 aromatic heterocycles. The van der Waals surface area contributed by atoms with Crippen molar-refractivity contribution in [2.24, 2.45) is 5.92 Å². The molecule has 0 bridgehead atoms. The third kappa shape index (κ3) is 4.72. The Labute approximate surface area is 172 Å². The number of phenols is 1. The third-order valence-electron chi connectivity index (χ3n) is 6.21. The molecule has 1 atom stereocenters. The first kappa shape index (κ1) is 24.5. The van der Waals surface area contributed by atoms with Crippen LogP contribution in [0.4, 0.5) is 0 Å². The van der Waals surface area contributed by atoms with Crippen molar-refractivity contribution >= 4 is 5.97 Å². The number of hydrogen-bond donors (Lipinski definition) is 1. The van der Waals surface area contributed by atoms with Gasteiger partial charge in [0, 0.05) is 5.41 Å². The Bertz CT molecular complexity index is 635. The van der Waals surface area contributed by atoms with E-state index in [-0.39, 0.29) is 28.1 Å². The summed E-state index contributed by atoms with van der Waals surface area (Å²) in [6.07, 6.45) is 2.43. The molecule has 28 heavy (non-hydrogen) atoms. The van der Waals surface area contributed by atoms with E-state index in [1.54, 1.807) is 0 Å². The maximum absolute atomic E-state index is 12.9. The highest BCUT2D eigenvalue weighted by atomic mass is 16.5. The van der Waals surface area contributed by atoms with Gasteiger partial charge in [-0.25, -0.2) is 0 Å². The molecule has 0 radical (unpaired) electrons. The summed E-state index contributed by atoms with van der Waals surface area (Å²) in [5, 5.41) is 11.1. The van der Waals surface area contributed by atoms with Gasteiger partial charge in [-0.15, -0.1) is 0 Å². The van der Waals surface area contributed by atoms with Crippen LogP contribution in [0.25, 0.3) is 0 Å². The van der Waals surface area contributed by atoms with Crippen molar-refractivity contribution in [3.05, 3.63) is 28.8 Å². The van der Waals surface area contributed by atoms with Crippen LogP contribution >= 0.6 is 0 Å². The molecule has 0 saturated carbocycles. The van der Waals surface area contributed by atoms with E-state index in [4.69, 9.17) is 4.74 Å². The maximum atomic E-state index is 12.9. The summed E-state index contributed by atoms with van der Waals surface area (Å²) < 4.78 is 5.46. The number of rotatable bonds is 7. The normalized spacial score (nSPS) is 14.1. The maximum Gasteiger partial charge on any atom is 0.309 e. The summed E-state index contributed by atoms with van der Waals surface area (Å²) >= 11 is 0. The summed E-state index contributed by atoms with van der Waals surface area (Å²) in [7, 11) is 0. The molecule has 0 amide bonds. The first-order valence-corrected chi connectivity index (χ1v) is 10.8. The van der Waals surface area contributed by atoms with Gasteiger partial charge in [-0.05, 0) is 53.7 Å². The van der Waals surface area contributed by atoms with Crippen LogP contribution in [0, 0.1) is 5.92 Å². The van der Waals surface area contributed by atoms with Crippen LogP contribution in [0.5, 0.6) is 5.75 Å². The lowest BCUT2D eigenvalue weighted by atomic mass is 9.63. The Morgan fingerprint density at radius 2 is 1.36 bits per heavy atom. The van der Waals surface area contributed by atoms with Gasteiger partial charge in [0.1, 0.15) is 5.75 Å². The van der Waals surface area contributed by atoms with E-state index in [0.29, 0.717) is 12.4 Å². The average molecular weight is 391 g/mol. The third-order valence-corrected chi connectivity index (χ3v) is 6.21. The van der Waals surface area contributed by atoms with Crippen LogP contribution in [0.2, 0.25) is 0 Å². The molecule has 0 spiro atoms. The molecule has 0 aliphatic carbocycles. The Morgan fingerprint density at radius 3 is 1.64 bits per heavy atom. The van der Waals surface area contributed by atoms with Crippen molar-refractivity contribution in [2.45, 2.75) is 105 Å². The SMILES string of the molecule is CCOC(=O)C(CC)C(CC)(CC)c1cc(C(C)(C)C)c(O)c(C(C)(C)C)c1. The van der Waals surface area contributed by atoms with E-state index in [2.05, 4.69) is 74.4 Å². The monoisotopic (exact) mass is 390 g/mol. The minimum absolute atomic E-state index is 0.114. The lowest BCUT2D eigenvalue weighted by molar-refractivity contribution is -0.151. The predicted molar refractivity (Wildman–Crippen MR) is 118 cm³/mol. The van der Waals surface area contributed by atoms with Crippen molar-refractivity contribution < 1.29 is 14.6 Å². The topological polar surface area (TPSA) is 46.5 Å². The molecule has 0 heterocycles. The highest BCUT2D eigenvalue weighted by Crippen LogP contribution is 2.47. The van der Waals surface area contributed by atoms with Gasteiger partial charge < -0.3 is 9.84 Å². The Hall–Kier alpha value is -1.51. The first-order valence-electron chi connectivity index (χ1n) is 10.8. The molecule has 1 unspecified atom stereocenters. The molecule has 1 aromatic carbocycles. The fourth-order valence-corrected chi connectivity index (χ4v) is 4.44. The van der Waals surface area contributed by atoms with Gasteiger partial charge in [0.2, 0.25) is 0 Å². The van der Waals surface area contributed by atoms with E-state index >= 15 is 0 Å². The Kier molecular flexibility index (Phi) is 7.78. The lowest BCUT2D eigenvalue weighted by Crippen LogP contribution is -2.40. The molecule has 1 rings (SSSR count). The quantitative estimate of drug-likeness (QED) is 0.531. The summed E-state index contributed by atoms with van der Waals surface area (Å²) in [5.74, 6) is 0.0676. The molecule has 3 nitrogen and oxygen atoms in total. The highest BCUT2D eigenvalue weighted by Gasteiger charge is 2.43. The summed E-state index contributed by atoms with van der Waals surface area (Å²) in [4.78, 5) is 12.9.